The molecule has 3 heteroatoms. The molecule has 0 bridgehead atoms. The fourth-order valence-electron chi connectivity index (χ4n) is 3.12. The summed E-state index contributed by atoms with van der Waals surface area (Å²) in [5.74, 6) is 0. The number of piperidine rings is 1. The molecule has 3 nitrogen and oxygen atoms in total. The lowest BCUT2D eigenvalue weighted by molar-refractivity contribution is 0.0750. The zero-order valence-electron chi connectivity index (χ0n) is 10.3. The quantitative estimate of drug-likeness (QED) is 0.701. The van der Waals surface area contributed by atoms with Gasteiger partial charge in [-0.2, -0.15) is 0 Å². The molecule has 1 saturated carbocycles. The molecule has 0 amide bonds. The molecule has 0 spiro atoms. The Morgan fingerprint density at radius 1 is 1.06 bits per heavy atom. The van der Waals surface area contributed by atoms with Crippen molar-refractivity contribution >= 4 is 0 Å². The SMILES string of the molecule is NC1(CO)CCN(C2CCCCCC2)CC1. The van der Waals surface area contributed by atoms with Gasteiger partial charge in [0.15, 0.2) is 0 Å². The van der Waals surface area contributed by atoms with Crippen molar-refractivity contribution in [3.8, 4) is 0 Å². The number of likely N-dealkylation sites (tertiary alicyclic amines) is 1. The summed E-state index contributed by atoms with van der Waals surface area (Å²) in [5, 5.41) is 9.25. The molecule has 0 unspecified atom stereocenters. The molecule has 1 heterocycles. The molecule has 1 aliphatic carbocycles. The maximum atomic E-state index is 9.25. The number of nitrogens with two attached hydrogens (primary N) is 1. The van der Waals surface area contributed by atoms with E-state index in [2.05, 4.69) is 4.90 Å². The molecular weight excluding hydrogens is 200 g/mol. The number of hydrogen-bond donors (Lipinski definition) is 2. The third-order valence-corrected chi connectivity index (χ3v) is 4.45. The molecule has 0 radical (unpaired) electrons. The molecule has 0 atom stereocenters. The van der Waals surface area contributed by atoms with Gasteiger partial charge in [-0.05, 0) is 25.7 Å². The van der Waals surface area contributed by atoms with Gasteiger partial charge in [0.05, 0.1) is 6.61 Å². The highest BCUT2D eigenvalue weighted by molar-refractivity contribution is 4.91. The van der Waals surface area contributed by atoms with Crippen molar-refractivity contribution in [2.45, 2.75) is 62.9 Å². The first-order valence-electron chi connectivity index (χ1n) is 6.87. The Morgan fingerprint density at radius 2 is 1.62 bits per heavy atom. The Labute approximate surface area is 99.0 Å². The number of nitrogens with zero attached hydrogens (tertiary/aromatic N) is 1. The molecular formula is C13H26N2O. The van der Waals surface area contributed by atoms with E-state index in [4.69, 9.17) is 5.73 Å². The molecule has 0 aromatic rings. The molecule has 16 heavy (non-hydrogen) atoms. The van der Waals surface area contributed by atoms with Crippen molar-refractivity contribution in [3.05, 3.63) is 0 Å². The lowest BCUT2D eigenvalue weighted by Gasteiger charge is -2.41. The second kappa shape index (κ2) is 5.48. The summed E-state index contributed by atoms with van der Waals surface area (Å²) in [6.07, 6.45) is 10.3. The van der Waals surface area contributed by atoms with Crippen LogP contribution in [0.1, 0.15) is 51.4 Å². The smallest absolute Gasteiger partial charge is 0.0612 e. The molecule has 0 aromatic carbocycles. The highest BCUT2D eigenvalue weighted by atomic mass is 16.3. The predicted molar refractivity (Wildman–Crippen MR) is 66.3 cm³/mol. The number of aliphatic hydroxyl groups is 1. The fraction of sp³-hybridized carbons (Fsp3) is 1.00. The van der Waals surface area contributed by atoms with E-state index in [9.17, 15) is 5.11 Å². The van der Waals surface area contributed by atoms with Gasteiger partial charge in [0.2, 0.25) is 0 Å². The van der Waals surface area contributed by atoms with E-state index in [-0.39, 0.29) is 12.1 Å². The van der Waals surface area contributed by atoms with Crippen LogP contribution in [0.2, 0.25) is 0 Å². The van der Waals surface area contributed by atoms with Crippen LogP contribution in [0.3, 0.4) is 0 Å². The van der Waals surface area contributed by atoms with E-state index < -0.39 is 0 Å². The van der Waals surface area contributed by atoms with Gasteiger partial charge in [0.1, 0.15) is 0 Å². The molecule has 2 aliphatic rings. The highest BCUT2D eigenvalue weighted by Crippen LogP contribution is 2.27. The van der Waals surface area contributed by atoms with Gasteiger partial charge >= 0.3 is 0 Å². The first-order valence-corrected chi connectivity index (χ1v) is 6.87. The molecule has 1 saturated heterocycles. The Hall–Kier alpha value is -0.120. The van der Waals surface area contributed by atoms with Gasteiger partial charge in [-0.15, -0.1) is 0 Å². The van der Waals surface area contributed by atoms with E-state index in [1.807, 2.05) is 0 Å². The van der Waals surface area contributed by atoms with E-state index >= 15 is 0 Å². The number of rotatable bonds is 2. The molecule has 94 valence electrons. The molecule has 0 aromatic heterocycles. The van der Waals surface area contributed by atoms with Crippen LogP contribution in [0.25, 0.3) is 0 Å². The molecule has 3 N–H and O–H groups in total. The second-order valence-electron chi connectivity index (χ2n) is 5.70. The third-order valence-electron chi connectivity index (χ3n) is 4.45. The largest absolute Gasteiger partial charge is 0.394 e. The number of hydrogen-bond acceptors (Lipinski definition) is 3. The Bertz CT molecular complexity index is 204. The van der Waals surface area contributed by atoms with Gasteiger partial charge in [0, 0.05) is 24.7 Å². The summed E-state index contributed by atoms with van der Waals surface area (Å²) >= 11 is 0. The van der Waals surface area contributed by atoms with E-state index in [1.165, 1.54) is 38.5 Å². The van der Waals surface area contributed by atoms with Gasteiger partial charge in [-0.3, -0.25) is 0 Å². The molecule has 2 rings (SSSR count). The van der Waals surface area contributed by atoms with Crippen LogP contribution in [0.5, 0.6) is 0 Å². The van der Waals surface area contributed by atoms with Crippen LogP contribution in [-0.2, 0) is 0 Å². The van der Waals surface area contributed by atoms with Crippen LogP contribution in [-0.4, -0.2) is 41.3 Å². The first-order chi connectivity index (χ1) is 7.73. The van der Waals surface area contributed by atoms with Gasteiger partial charge in [0.25, 0.3) is 0 Å². The minimum atomic E-state index is -0.290. The van der Waals surface area contributed by atoms with Crippen LogP contribution < -0.4 is 5.73 Å². The summed E-state index contributed by atoms with van der Waals surface area (Å²) in [7, 11) is 0. The second-order valence-corrected chi connectivity index (χ2v) is 5.70. The highest BCUT2D eigenvalue weighted by Gasteiger charge is 2.32. The van der Waals surface area contributed by atoms with Crippen LogP contribution in [0.4, 0.5) is 0 Å². The van der Waals surface area contributed by atoms with Crippen LogP contribution in [0.15, 0.2) is 0 Å². The monoisotopic (exact) mass is 226 g/mol. The standard InChI is InChI=1S/C13H26N2O/c14-13(11-16)7-9-15(10-8-13)12-5-3-1-2-4-6-12/h12,16H,1-11,14H2. The summed E-state index contributed by atoms with van der Waals surface area (Å²) in [4.78, 5) is 2.62. The Balaban J connectivity index is 1.83. The van der Waals surface area contributed by atoms with Crippen molar-refractivity contribution in [1.82, 2.24) is 4.90 Å². The van der Waals surface area contributed by atoms with Gasteiger partial charge in [-0.1, -0.05) is 25.7 Å². The van der Waals surface area contributed by atoms with Crippen molar-refractivity contribution in [2.75, 3.05) is 19.7 Å². The minimum absolute atomic E-state index is 0.144. The Kier molecular flexibility index (Phi) is 4.22. The fourth-order valence-corrected chi connectivity index (χ4v) is 3.12. The topological polar surface area (TPSA) is 49.5 Å². The average molecular weight is 226 g/mol. The van der Waals surface area contributed by atoms with Gasteiger partial charge in [-0.25, -0.2) is 0 Å². The zero-order valence-corrected chi connectivity index (χ0v) is 10.3. The van der Waals surface area contributed by atoms with E-state index in [0.717, 1.165) is 32.0 Å². The van der Waals surface area contributed by atoms with Crippen molar-refractivity contribution in [1.29, 1.82) is 0 Å². The normalized spacial score (nSPS) is 28.9. The van der Waals surface area contributed by atoms with E-state index in [1.54, 1.807) is 0 Å². The zero-order chi connectivity index (χ0) is 11.4. The molecule has 1 aliphatic heterocycles. The summed E-state index contributed by atoms with van der Waals surface area (Å²) in [5.41, 5.74) is 5.81. The van der Waals surface area contributed by atoms with E-state index in [0.29, 0.717) is 0 Å². The van der Waals surface area contributed by atoms with Crippen molar-refractivity contribution < 1.29 is 5.11 Å². The van der Waals surface area contributed by atoms with Crippen LogP contribution >= 0.6 is 0 Å². The van der Waals surface area contributed by atoms with Crippen molar-refractivity contribution in [2.24, 2.45) is 5.73 Å². The molecule has 2 fully saturated rings. The maximum absolute atomic E-state index is 9.25. The lowest BCUT2D eigenvalue weighted by Crippen LogP contribution is -2.54. The predicted octanol–water partition coefficient (Wildman–Crippen LogP) is 1.49. The van der Waals surface area contributed by atoms with Gasteiger partial charge < -0.3 is 15.7 Å². The number of aliphatic hydroxyl groups excluding tert-OH is 1. The van der Waals surface area contributed by atoms with Crippen LogP contribution in [0, 0.1) is 0 Å². The van der Waals surface area contributed by atoms with Crippen molar-refractivity contribution in [3.63, 3.8) is 0 Å². The lowest BCUT2D eigenvalue weighted by atomic mass is 9.88. The Morgan fingerprint density at radius 3 is 2.12 bits per heavy atom. The maximum Gasteiger partial charge on any atom is 0.0612 e. The average Bonchev–Trinajstić information content (AvgIpc) is 2.59. The summed E-state index contributed by atoms with van der Waals surface area (Å²) in [6, 6.07) is 0.797. The first kappa shape index (κ1) is 12.3. The minimum Gasteiger partial charge on any atom is -0.394 e. The summed E-state index contributed by atoms with van der Waals surface area (Å²) in [6.45, 7) is 2.31. The summed E-state index contributed by atoms with van der Waals surface area (Å²) < 4.78 is 0. The third kappa shape index (κ3) is 2.96.